The molecule has 1 aliphatic rings. The molecule has 0 bridgehead atoms. The maximum absolute atomic E-state index is 13.3. The average molecular weight is 472 g/mol. The largest absolute Gasteiger partial charge is 0.336 e. The van der Waals surface area contributed by atoms with Gasteiger partial charge in [-0.1, -0.05) is 60.7 Å². The number of hydrogen-bond acceptors (Lipinski definition) is 5. The smallest absolute Gasteiger partial charge is 0.274 e. The highest BCUT2D eigenvalue weighted by Gasteiger charge is 2.29. The van der Waals surface area contributed by atoms with Gasteiger partial charge >= 0.3 is 0 Å². The number of benzene rings is 2. The van der Waals surface area contributed by atoms with Crippen molar-refractivity contribution < 1.29 is 4.79 Å². The van der Waals surface area contributed by atoms with Gasteiger partial charge in [0, 0.05) is 55.4 Å². The van der Waals surface area contributed by atoms with Crippen LogP contribution in [-0.2, 0) is 33.0 Å². The summed E-state index contributed by atoms with van der Waals surface area (Å²) in [7, 11) is 3.79. The number of amides is 1. The number of carbonyl (C=O) groups excluding carboxylic acids is 1. The molecule has 1 N–H and O–H groups in total. The van der Waals surface area contributed by atoms with Gasteiger partial charge in [-0.2, -0.15) is 5.10 Å². The molecule has 34 heavy (non-hydrogen) atoms. The number of aryl methyl sites for hydroxylation is 1. The quantitative estimate of drug-likeness (QED) is 0.432. The minimum Gasteiger partial charge on any atom is -0.336 e. The second-order valence-electron chi connectivity index (χ2n) is 8.86. The SMILES string of the molecule is CN(Cc1ccccc1)C(=O)c1nn(C)c2c1C[C@@H](NCc1nc(-c3ccccc3)cs1)CC2. The van der Waals surface area contributed by atoms with Crippen LogP contribution < -0.4 is 5.32 Å². The lowest BCUT2D eigenvalue weighted by Gasteiger charge is -2.24. The zero-order chi connectivity index (χ0) is 23.5. The van der Waals surface area contributed by atoms with E-state index in [1.54, 1.807) is 16.2 Å². The first kappa shape index (κ1) is 22.5. The van der Waals surface area contributed by atoms with Crippen molar-refractivity contribution in [3.05, 3.63) is 93.6 Å². The van der Waals surface area contributed by atoms with Crippen LogP contribution in [0.15, 0.2) is 66.0 Å². The molecule has 2 heterocycles. The fraction of sp³-hybridized carbons (Fsp3) is 0.296. The summed E-state index contributed by atoms with van der Waals surface area (Å²) >= 11 is 1.68. The lowest BCUT2D eigenvalue weighted by Crippen LogP contribution is -2.35. The number of carbonyl (C=O) groups is 1. The first-order valence-corrected chi connectivity index (χ1v) is 12.5. The molecule has 174 valence electrons. The molecule has 1 amide bonds. The molecule has 0 unspecified atom stereocenters. The van der Waals surface area contributed by atoms with Crippen LogP contribution in [0.2, 0.25) is 0 Å². The molecule has 0 radical (unpaired) electrons. The van der Waals surface area contributed by atoms with Crippen LogP contribution in [0.25, 0.3) is 11.3 Å². The molecule has 4 aromatic rings. The molecule has 7 heteroatoms. The van der Waals surface area contributed by atoms with Gasteiger partial charge in [-0.05, 0) is 24.8 Å². The van der Waals surface area contributed by atoms with Crippen LogP contribution in [0.4, 0.5) is 0 Å². The van der Waals surface area contributed by atoms with Crippen LogP contribution in [0.3, 0.4) is 0 Å². The van der Waals surface area contributed by atoms with Gasteiger partial charge in [0.1, 0.15) is 5.01 Å². The molecule has 5 rings (SSSR count). The number of nitrogens with zero attached hydrogens (tertiary/aromatic N) is 4. The first-order chi connectivity index (χ1) is 16.6. The van der Waals surface area contributed by atoms with Crippen LogP contribution in [0, 0.1) is 0 Å². The Balaban J connectivity index is 1.25. The average Bonchev–Trinajstić information content (AvgIpc) is 3.48. The standard InChI is InChI=1S/C27H29N5OS/c1-31(17-19-9-5-3-6-10-19)27(33)26-22-15-21(13-14-24(22)32(2)30-26)28-16-25-29-23(18-34-25)20-11-7-4-8-12-20/h3-12,18,21,28H,13-17H2,1-2H3/t21-/m0/s1. The van der Waals surface area contributed by atoms with Gasteiger partial charge in [0.05, 0.1) is 5.69 Å². The molecule has 2 aromatic carbocycles. The van der Waals surface area contributed by atoms with E-state index < -0.39 is 0 Å². The summed E-state index contributed by atoms with van der Waals surface area (Å²) in [6.07, 6.45) is 2.75. The van der Waals surface area contributed by atoms with E-state index in [1.165, 1.54) is 5.69 Å². The molecule has 0 saturated carbocycles. The van der Waals surface area contributed by atoms with Crippen molar-refractivity contribution in [2.24, 2.45) is 7.05 Å². The van der Waals surface area contributed by atoms with E-state index in [1.807, 2.05) is 67.3 Å². The minimum absolute atomic E-state index is 0.0196. The third kappa shape index (κ3) is 4.81. The van der Waals surface area contributed by atoms with Crippen LogP contribution in [0.5, 0.6) is 0 Å². The van der Waals surface area contributed by atoms with Gasteiger partial charge in [0.25, 0.3) is 5.91 Å². The Morgan fingerprint density at radius 2 is 1.88 bits per heavy atom. The Hall–Kier alpha value is -3.29. The fourth-order valence-electron chi connectivity index (χ4n) is 4.61. The highest BCUT2D eigenvalue weighted by molar-refractivity contribution is 7.09. The molecule has 0 saturated heterocycles. The van der Waals surface area contributed by atoms with Gasteiger partial charge in [-0.25, -0.2) is 4.98 Å². The lowest BCUT2D eigenvalue weighted by atomic mass is 9.91. The summed E-state index contributed by atoms with van der Waals surface area (Å²) in [6, 6.07) is 20.6. The van der Waals surface area contributed by atoms with Crippen LogP contribution in [0.1, 0.15) is 38.7 Å². The highest BCUT2D eigenvalue weighted by Crippen LogP contribution is 2.26. The highest BCUT2D eigenvalue weighted by atomic mass is 32.1. The summed E-state index contributed by atoms with van der Waals surface area (Å²) in [5, 5.41) is 11.5. The van der Waals surface area contributed by atoms with Gasteiger partial charge in [-0.15, -0.1) is 11.3 Å². The topological polar surface area (TPSA) is 63.1 Å². The van der Waals surface area contributed by atoms with E-state index in [-0.39, 0.29) is 5.91 Å². The predicted molar refractivity (Wildman–Crippen MR) is 136 cm³/mol. The molecule has 2 aromatic heterocycles. The fourth-order valence-corrected chi connectivity index (χ4v) is 5.36. The normalized spacial score (nSPS) is 15.2. The van der Waals surface area contributed by atoms with Gasteiger partial charge in [0.2, 0.25) is 0 Å². The van der Waals surface area contributed by atoms with Crippen molar-refractivity contribution in [3.63, 3.8) is 0 Å². The lowest BCUT2D eigenvalue weighted by molar-refractivity contribution is 0.0777. The summed E-state index contributed by atoms with van der Waals surface area (Å²) in [5.41, 5.74) is 6.12. The summed E-state index contributed by atoms with van der Waals surface area (Å²) in [4.78, 5) is 19.8. The van der Waals surface area contributed by atoms with Crippen molar-refractivity contribution in [1.29, 1.82) is 0 Å². The summed E-state index contributed by atoms with van der Waals surface area (Å²) < 4.78 is 1.89. The molecule has 0 fully saturated rings. The van der Waals surface area contributed by atoms with E-state index in [4.69, 9.17) is 4.98 Å². The van der Waals surface area contributed by atoms with Gasteiger partial charge in [0.15, 0.2) is 5.69 Å². The van der Waals surface area contributed by atoms with Crippen molar-refractivity contribution in [2.75, 3.05) is 7.05 Å². The monoisotopic (exact) mass is 471 g/mol. The maximum Gasteiger partial charge on any atom is 0.274 e. The van der Waals surface area contributed by atoms with E-state index in [0.29, 0.717) is 18.3 Å². The number of aromatic nitrogens is 3. The van der Waals surface area contributed by atoms with Crippen LogP contribution >= 0.6 is 11.3 Å². The zero-order valence-electron chi connectivity index (χ0n) is 19.6. The Bertz CT molecular complexity index is 1260. The van der Waals surface area contributed by atoms with E-state index in [9.17, 15) is 4.79 Å². The van der Waals surface area contributed by atoms with Crippen molar-refractivity contribution in [2.45, 2.75) is 38.4 Å². The van der Waals surface area contributed by atoms with Gasteiger partial charge < -0.3 is 10.2 Å². The molecule has 1 aliphatic carbocycles. The molecular weight excluding hydrogens is 442 g/mol. The maximum atomic E-state index is 13.3. The molecule has 1 atom stereocenters. The second kappa shape index (κ2) is 9.91. The summed E-state index contributed by atoms with van der Waals surface area (Å²) in [5.74, 6) is -0.0196. The van der Waals surface area contributed by atoms with Crippen molar-refractivity contribution >= 4 is 17.2 Å². The van der Waals surface area contributed by atoms with Gasteiger partial charge in [-0.3, -0.25) is 9.48 Å². The number of fused-ring (bicyclic) bond motifs is 1. The number of nitrogens with one attached hydrogen (secondary N) is 1. The van der Waals surface area contributed by atoms with E-state index in [0.717, 1.165) is 53.2 Å². The van der Waals surface area contributed by atoms with Crippen molar-refractivity contribution in [1.82, 2.24) is 25.0 Å². The van der Waals surface area contributed by atoms with Crippen LogP contribution in [-0.4, -0.2) is 38.7 Å². The Morgan fingerprint density at radius 3 is 2.65 bits per heavy atom. The molecular formula is C27H29N5OS. The minimum atomic E-state index is -0.0196. The molecule has 6 nitrogen and oxygen atoms in total. The third-order valence-corrected chi connectivity index (χ3v) is 7.28. The first-order valence-electron chi connectivity index (χ1n) is 11.7. The van der Waals surface area contributed by atoms with E-state index >= 15 is 0 Å². The number of thiazole rings is 1. The predicted octanol–water partition coefficient (Wildman–Crippen LogP) is 4.46. The Morgan fingerprint density at radius 1 is 1.15 bits per heavy atom. The molecule has 0 aliphatic heterocycles. The number of rotatable bonds is 7. The van der Waals surface area contributed by atoms with Crippen molar-refractivity contribution in [3.8, 4) is 11.3 Å². The van der Waals surface area contributed by atoms with E-state index in [2.05, 4.69) is 27.9 Å². The second-order valence-corrected chi connectivity index (χ2v) is 9.80. The number of hydrogen-bond donors (Lipinski definition) is 1. The molecule has 0 spiro atoms. The summed E-state index contributed by atoms with van der Waals surface area (Å²) in [6.45, 7) is 1.30. The zero-order valence-corrected chi connectivity index (χ0v) is 20.4. The Kier molecular flexibility index (Phi) is 6.56. The Labute approximate surface area is 204 Å². The third-order valence-electron chi connectivity index (χ3n) is 6.43.